The molecule has 1 fully saturated rings. The van der Waals surface area contributed by atoms with Gasteiger partial charge in [0.15, 0.2) is 11.5 Å². The SMILES string of the molecule is COc1ccc(C2/C(=C(\O)c3ccccc3)C(=O)C(=O)N2c2ccc(NC(C)=O)cc2)cc1OC. The van der Waals surface area contributed by atoms with Crippen molar-refractivity contribution in [1.82, 2.24) is 0 Å². The number of ketones is 1. The number of benzene rings is 3. The second-order valence-corrected chi connectivity index (χ2v) is 7.88. The molecular weight excluding hydrogens is 448 g/mol. The Hall–Kier alpha value is -4.59. The summed E-state index contributed by atoms with van der Waals surface area (Å²) < 4.78 is 10.8. The number of anilines is 2. The van der Waals surface area contributed by atoms with E-state index in [-0.39, 0.29) is 17.2 Å². The Balaban J connectivity index is 1.90. The Morgan fingerprint density at radius 1 is 0.914 bits per heavy atom. The van der Waals surface area contributed by atoms with Crippen molar-refractivity contribution in [2.45, 2.75) is 13.0 Å². The van der Waals surface area contributed by atoms with Gasteiger partial charge in [-0.05, 0) is 42.0 Å². The van der Waals surface area contributed by atoms with Gasteiger partial charge in [-0.1, -0.05) is 36.4 Å². The van der Waals surface area contributed by atoms with Gasteiger partial charge >= 0.3 is 0 Å². The number of Topliss-reactive ketones (excluding diaryl/α,β-unsaturated/α-hetero) is 1. The van der Waals surface area contributed by atoms with Crippen molar-refractivity contribution in [2.24, 2.45) is 0 Å². The first-order valence-corrected chi connectivity index (χ1v) is 10.8. The van der Waals surface area contributed by atoms with Gasteiger partial charge in [-0.3, -0.25) is 19.3 Å². The Bertz CT molecular complexity index is 1320. The molecule has 0 saturated carbocycles. The lowest BCUT2D eigenvalue weighted by Gasteiger charge is -2.26. The molecule has 1 atom stereocenters. The highest BCUT2D eigenvalue weighted by Crippen LogP contribution is 2.44. The minimum Gasteiger partial charge on any atom is -0.507 e. The highest BCUT2D eigenvalue weighted by atomic mass is 16.5. The van der Waals surface area contributed by atoms with Crippen LogP contribution in [0.15, 0.2) is 78.4 Å². The normalized spacial score (nSPS) is 16.8. The largest absolute Gasteiger partial charge is 0.507 e. The highest BCUT2D eigenvalue weighted by molar-refractivity contribution is 6.51. The number of hydrogen-bond acceptors (Lipinski definition) is 6. The fraction of sp³-hybridized carbons (Fsp3) is 0.148. The molecule has 1 heterocycles. The van der Waals surface area contributed by atoms with Gasteiger partial charge in [-0.15, -0.1) is 0 Å². The molecule has 178 valence electrons. The van der Waals surface area contributed by atoms with Crippen molar-refractivity contribution in [3.63, 3.8) is 0 Å². The van der Waals surface area contributed by atoms with Crippen LogP contribution in [-0.4, -0.2) is 36.9 Å². The predicted molar refractivity (Wildman–Crippen MR) is 132 cm³/mol. The van der Waals surface area contributed by atoms with E-state index in [1.807, 2.05) is 0 Å². The van der Waals surface area contributed by atoms with E-state index in [2.05, 4.69) is 5.32 Å². The van der Waals surface area contributed by atoms with E-state index in [4.69, 9.17) is 9.47 Å². The van der Waals surface area contributed by atoms with Crippen LogP contribution in [0.3, 0.4) is 0 Å². The van der Waals surface area contributed by atoms with Crippen molar-refractivity contribution in [3.05, 3.63) is 89.5 Å². The molecule has 0 aromatic heterocycles. The summed E-state index contributed by atoms with van der Waals surface area (Å²) in [4.78, 5) is 39.2. The number of nitrogens with zero attached hydrogens (tertiary/aromatic N) is 1. The van der Waals surface area contributed by atoms with Crippen molar-refractivity contribution in [1.29, 1.82) is 0 Å². The summed E-state index contributed by atoms with van der Waals surface area (Å²) in [7, 11) is 3.00. The maximum absolute atomic E-state index is 13.3. The fourth-order valence-electron chi connectivity index (χ4n) is 4.10. The molecule has 2 N–H and O–H groups in total. The summed E-state index contributed by atoms with van der Waals surface area (Å²) in [6, 6.07) is 19.3. The van der Waals surface area contributed by atoms with Crippen LogP contribution in [0, 0.1) is 0 Å². The predicted octanol–water partition coefficient (Wildman–Crippen LogP) is 4.29. The number of aliphatic hydroxyl groups excluding tert-OH is 1. The minimum atomic E-state index is -0.929. The van der Waals surface area contributed by atoms with Crippen LogP contribution in [0.25, 0.3) is 5.76 Å². The van der Waals surface area contributed by atoms with Gasteiger partial charge in [0.05, 0.1) is 25.8 Å². The standard InChI is InChI=1S/C27H24N2O6/c1-16(30)28-19-10-12-20(13-11-19)29-24(18-9-14-21(34-2)22(15-18)35-3)23(26(32)27(29)33)25(31)17-7-5-4-6-8-17/h4-15,24,31H,1-3H3,(H,28,30)/b25-23+. The van der Waals surface area contributed by atoms with Crippen molar-refractivity contribution in [3.8, 4) is 11.5 Å². The summed E-state index contributed by atoms with van der Waals surface area (Å²) in [5.74, 6) is -1.20. The zero-order chi connectivity index (χ0) is 25.1. The van der Waals surface area contributed by atoms with E-state index in [9.17, 15) is 19.5 Å². The van der Waals surface area contributed by atoms with Crippen molar-refractivity contribution < 1.29 is 29.0 Å². The number of carbonyl (C=O) groups excluding carboxylic acids is 3. The van der Waals surface area contributed by atoms with Gasteiger partial charge in [0.1, 0.15) is 5.76 Å². The van der Waals surface area contributed by atoms with Crippen LogP contribution < -0.4 is 19.7 Å². The summed E-state index contributed by atoms with van der Waals surface area (Å²) in [5, 5.41) is 13.8. The molecule has 2 amide bonds. The fourth-order valence-corrected chi connectivity index (χ4v) is 4.10. The number of rotatable bonds is 6. The lowest BCUT2D eigenvalue weighted by atomic mass is 9.94. The summed E-state index contributed by atoms with van der Waals surface area (Å²) in [6.45, 7) is 1.40. The highest BCUT2D eigenvalue weighted by Gasteiger charge is 2.47. The van der Waals surface area contributed by atoms with Crippen LogP contribution in [0.4, 0.5) is 11.4 Å². The number of hydrogen-bond donors (Lipinski definition) is 2. The van der Waals surface area contributed by atoms with Crippen LogP contribution in [0.1, 0.15) is 24.1 Å². The van der Waals surface area contributed by atoms with Crippen molar-refractivity contribution >= 4 is 34.7 Å². The van der Waals surface area contributed by atoms with E-state index in [0.717, 1.165) is 0 Å². The van der Waals surface area contributed by atoms with Gasteiger partial charge in [-0.25, -0.2) is 0 Å². The van der Waals surface area contributed by atoms with E-state index >= 15 is 0 Å². The lowest BCUT2D eigenvalue weighted by Crippen LogP contribution is -2.29. The Labute approximate surface area is 202 Å². The number of carbonyl (C=O) groups is 3. The maximum Gasteiger partial charge on any atom is 0.300 e. The molecule has 3 aromatic rings. The lowest BCUT2D eigenvalue weighted by molar-refractivity contribution is -0.132. The zero-order valence-corrected chi connectivity index (χ0v) is 19.4. The van der Waals surface area contributed by atoms with Crippen LogP contribution in [0.2, 0.25) is 0 Å². The monoisotopic (exact) mass is 472 g/mol. The second-order valence-electron chi connectivity index (χ2n) is 7.88. The molecule has 8 heteroatoms. The third-order valence-electron chi connectivity index (χ3n) is 5.68. The van der Waals surface area contributed by atoms with Crippen LogP contribution in [-0.2, 0) is 14.4 Å². The molecule has 0 spiro atoms. The molecule has 1 saturated heterocycles. The number of methoxy groups -OCH3 is 2. The molecule has 4 rings (SSSR count). The first kappa shape index (κ1) is 23.6. The zero-order valence-electron chi connectivity index (χ0n) is 19.4. The van der Waals surface area contributed by atoms with Crippen molar-refractivity contribution in [2.75, 3.05) is 24.4 Å². The van der Waals surface area contributed by atoms with E-state index in [0.29, 0.717) is 34.0 Å². The number of nitrogens with one attached hydrogen (secondary N) is 1. The molecular formula is C27H24N2O6. The molecule has 1 unspecified atom stereocenters. The Morgan fingerprint density at radius 3 is 2.17 bits per heavy atom. The van der Waals surface area contributed by atoms with E-state index in [1.54, 1.807) is 72.8 Å². The number of amides is 2. The molecule has 3 aromatic carbocycles. The quantitative estimate of drug-likeness (QED) is 0.315. The third-order valence-corrected chi connectivity index (χ3v) is 5.68. The summed E-state index contributed by atoms with van der Waals surface area (Å²) in [5.41, 5.74) is 1.89. The average Bonchev–Trinajstić information content (AvgIpc) is 3.14. The molecule has 35 heavy (non-hydrogen) atoms. The van der Waals surface area contributed by atoms with Gasteiger partial charge < -0.3 is 19.9 Å². The first-order chi connectivity index (χ1) is 16.8. The van der Waals surface area contributed by atoms with Gasteiger partial charge in [0.2, 0.25) is 5.91 Å². The maximum atomic E-state index is 13.3. The van der Waals surface area contributed by atoms with E-state index in [1.165, 1.54) is 26.0 Å². The smallest absolute Gasteiger partial charge is 0.300 e. The average molecular weight is 472 g/mol. The molecule has 0 radical (unpaired) electrons. The van der Waals surface area contributed by atoms with Crippen LogP contribution >= 0.6 is 0 Å². The third kappa shape index (κ3) is 4.46. The number of aliphatic hydroxyl groups is 1. The Morgan fingerprint density at radius 2 is 1.57 bits per heavy atom. The molecule has 8 nitrogen and oxygen atoms in total. The minimum absolute atomic E-state index is 0.0423. The summed E-state index contributed by atoms with van der Waals surface area (Å²) in [6.07, 6.45) is 0. The molecule has 1 aliphatic heterocycles. The van der Waals surface area contributed by atoms with E-state index < -0.39 is 17.7 Å². The first-order valence-electron chi connectivity index (χ1n) is 10.8. The van der Waals surface area contributed by atoms with Gasteiger partial charge in [0, 0.05) is 23.9 Å². The molecule has 0 aliphatic carbocycles. The number of ether oxygens (including phenoxy) is 2. The van der Waals surface area contributed by atoms with Crippen LogP contribution in [0.5, 0.6) is 11.5 Å². The Kier molecular flexibility index (Phi) is 6.55. The topological polar surface area (TPSA) is 105 Å². The van der Waals surface area contributed by atoms with Gasteiger partial charge in [0.25, 0.3) is 11.7 Å². The molecule has 0 bridgehead atoms. The molecule has 1 aliphatic rings. The second kappa shape index (κ2) is 9.72. The van der Waals surface area contributed by atoms with Gasteiger partial charge in [-0.2, -0.15) is 0 Å². The summed E-state index contributed by atoms with van der Waals surface area (Å²) >= 11 is 0.